The molecule has 0 heterocycles. The third-order valence-corrected chi connectivity index (χ3v) is 9.74. The van der Waals surface area contributed by atoms with Crippen LogP contribution in [0.2, 0.25) is 0 Å². The molecule has 0 radical (unpaired) electrons. The number of rotatable bonds is 40. The molecule has 0 aromatic heterocycles. The maximum Gasteiger partial charge on any atom is 0.326 e. The van der Waals surface area contributed by atoms with Crippen LogP contribution in [0.3, 0.4) is 0 Å². The minimum absolute atomic E-state index is 0.0792. The number of carboxylic acids is 1. The number of nitrogens with two attached hydrogens (primary N) is 1. The molecule has 4 N–H and O–H groups in total. The minimum atomic E-state index is -1.01. The summed E-state index contributed by atoms with van der Waals surface area (Å²) in [4.78, 5) is 36.3. The fourth-order valence-electron chi connectivity index (χ4n) is 6.33. The lowest BCUT2D eigenvalue weighted by molar-refractivity contribution is -0.147. The van der Waals surface area contributed by atoms with Gasteiger partial charge < -0.3 is 20.9 Å². The summed E-state index contributed by atoms with van der Waals surface area (Å²) < 4.78 is 5.96. The molecule has 0 fully saturated rings. The normalized spacial score (nSPS) is 13.3. The summed E-state index contributed by atoms with van der Waals surface area (Å²) in [6.45, 7) is 4.81. The molecule has 0 bridgehead atoms. The average molecular weight is 781 g/mol. The Balaban J connectivity index is 4.24. The van der Waals surface area contributed by atoms with Gasteiger partial charge in [0.1, 0.15) is 12.1 Å². The van der Waals surface area contributed by atoms with E-state index in [2.05, 4.69) is 92.1 Å². The van der Waals surface area contributed by atoms with Crippen LogP contribution in [0.4, 0.5) is 0 Å². The maximum atomic E-state index is 12.8. The molecule has 2 unspecified atom stereocenters. The van der Waals surface area contributed by atoms with Crippen LogP contribution in [0.5, 0.6) is 0 Å². The standard InChI is InChI=1S/C49H84N2O5/c1-3-5-7-9-11-13-14-15-16-17-18-19-20-21-22-23-24-25-27-33-37-43-48(53)56-45(39-34-30-26-12-10-8-6-4-2)40-35-31-28-29-32-36-42-47(52)51-46(49(54)55)41-38-44-50/h5,7,11,13,15-16,18-19,21-22,34,39,45-46H,3-4,6,8-10,12,14,17,20,23-33,35-38,40-44,50H2,1-2H3,(H,51,52)(H,54,55)/b7-5-,13-11-,16-15-,19-18-,22-21-,39-34-. The van der Waals surface area contributed by atoms with Crippen molar-refractivity contribution in [1.82, 2.24) is 5.32 Å². The van der Waals surface area contributed by atoms with Crippen LogP contribution in [0.1, 0.15) is 200 Å². The number of aliphatic carboxylic acids is 1. The zero-order chi connectivity index (χ0) is 41.0. The molecular formula is C49H84N2O5. The number of allylic oxidation sites excluding steroid dienone is 11. The molecule has 0 aliphatic rings. The second-order valence-corrected chi connectivity index (χ2v) is 15.1. The molecule has 7 heteroatoms. The fourth-order valence-corrected chi connectivity index (χ4v) is 6.33. The van der Waals surface area contributed by atoms with Crippen LogP contribution in [0.15, 0.2) is 72.9 Å². The third kappa shape index (κ3) is 39.1. The number of esters is 1. The summed E-state index contributed by atoms with van der Waals surface area (Å²) in [7, 11) is 0. The SMILES string of the molecule is CC/C=C\C/C=C\C/C=C\C/C=C\C/C=C\CCCCCCCC(=O)OC(/C=C\CCCCCCCC)CCCCCCCCC(=O)NC(CCCN)C(=O)O. The van der Waals surface area contributed by atoms with Crippen molar-refractivity contribution in [3.05, 3.63) is 72.9 Å². The number of amides is 1. The van der Waals surface area contributed by atoms with E-state index in [0.29, 0.717) is 32.2 Å². The Labute approximate surface area is 343 Å². The van der Waals surface area contributed by atoms with E-state index in [1.54, 1.807) is 0 Å². The van der Waals surface area contributed by atoms with Crippen LogP contribution in [-0.2, 0) is 19.1 Å². The van der Waals surface area contributed by atoms with Crippen LogP contribution in [0, 0.1) is 0 Å². The van der Waals surface area contributed by atoms with Crippen LogP contribution >= 0.6 is 0 Å². The predicted octanol–water partition coefficient (Wildman–Crippen LogP) is 13.1. The number of carbonyl (C=O) groups is 3. The molecule has 0 spiro atoms. The van der Waals surface area contributed by atoms with E-state index in [4.69, 9.17) is 10.5 Å². The molecule has 56 heavy (non-hydrogen) atoms. The van der Waals surface area contributed by atoms with Gasteiger partial charge in [-0.2, -0.15) is 0 Å². The molecule has 7 nitrogen and oxygen atoms in total. The second kappa shape index (κ2) is 42.9. The molecule has 0 aromatic carbocycles. The Morgan fingerprint density at radius 3 is 1.59 bits per heavy atom. The summed E-state index contributed by atoms with van der Waals surface area (Å²) in [5.41, 5.74) is 5.48. The van der Waals surface area contributed by atoms with Gasteiger partial charge >= 0.3 is 11.9 Å². The Kier molecular flexibility index (Phi) is 40.5. The van der Waals surface area contributed by atoms with E-state index in [9.17, 15) is 19.5 Å². The molecule has 0 saturated carbocycles. The van der Waals surface area contributed by atoms with E-state index >= 15 is 0 Å². The Hall–Kier alpha value is -3.19. The zero-order valence-electron chi connectivity index (χ0n) is 36.0. The van der Waals surface area contributed by atoms with E-state index in [1.165, 1.54) is 51.4 Å². The van der Waals surface area contributed by atoms with Crippen LogP contribution < -0.4 is 11.1 Å². The Bertz CT molecular complexity index is 1110. The number of unbranched alkanes of at least 4 members (excludes halogenated alkanes) is 16. The lowest BCUT2D eigenvalue weighted by Crippen LogP contribution is -2.40. The molecule has 0 aliphatic carbocycles. The van der Waals surface area contributed by atoms with Gasteiger partial charge in [-0.25, -0.2) is 4.79 Å². The van der Waals surface area contributed by atoms with Gasteiger partial charge in [0.25, 0.3) is 0 Å². The molecule has 2 atom stereocenters. The summed E-state index contributed by atoms with van der Waals surface area (Å²) in [5, 5.41) is 11.9. The lowest BCUT2D eigenvalue weighted by Gasteiger charge is -2.15. The topological polar surface area (TPSA) is 119 Å². The zero-order valence-corrected chi connectivity index (χ0v) is 36.0. The highest BCUT2D eigenvalue weighted by Gasteiger charge is 2.18. The smallest absolute Gasteiger partial charge is 0.326 e. The van der Waals surface area contributed by atoms with Gasteiger partial charge in [-0.1, -0.05) is 158 Å². The first-order valence-electron chi connectivity index (χ1n) is 22.8. The molecule has 0 rings (SSSR count). The summed E-state index contributed by atoms with van der Waals surface area (Å²) in [6, 6.07) is -0.857. The van der Waals surface area contributed by atoms with Gasteiger partial charge in [-0.15, -0.1) is 0 Å². The van der Waals surface area contributed by atoms with E-state index in [-0.39, 0.29) is 18.0 Å². The van der Waals surface area contributed by atoms with Crippen molar-refractivity contribution in [2.75, 3.05) is 6.54 Å². The Morgan fingerprint density at radius 1 is 0.554 bits per heavy atom. The minimum Gasteiger partial charge on any atom is -0.480 e. The number of hydrogen-bond acceptors (Lipinski definition) is 5. The number of hydrogen-bond donors (Lipinski definition) is 3. The van der Waals surface area contributed by atoms with Crippen molar-refractivity contribution < 1.29 is 24.2 Å². The Morgan fingerprint density at radius 2 is 1.04 bits per heavy atom. The van der Waals surface area contributed by atoms with Gasteiger partial charge in [0, 0.05) is 12.8 Å². The molecule has 0 aromatic rings. The molecular weight excluding hydrogens is 697 g/mol. The summed E-state index contributed by atoms with van der Waals surface area (Å²) in [6.07, 6.45) is 55.4. The third-order valence-electron chi connectivity index (χ3n) is 9.74. The first-order chi connectivity index (χ1) is 27.4. The van der Waals surface area contributed by atoms with Crippen molar-refractivity contribution >= 4 is 17.8 Å². The van der Waals surface area contributed by atoms with Crippen molar-refractivity contribution in [3.8, 4) is 0 Å². The highest BCUT2D eigenvalue weighted by Crippen LogP contribution is 2.16. The highest BCUT2D eigenvalue weighted by atomic mass is 16.5. The molecule has 1 amide bonds. The number of ether oxygens (including phenoxy) is 1. The van der Waals surface area contributed by atoms with Crippen molar-refractivity contribution in [1.29, 1.82) is 0 Å². The predicted molar refractivity (Wildman–Crippen MR) is 239 cm³/mol. The lowest BCUT2D eigenvalue weighted by atomic mass is 10.0. The van der Waals surface area contributed by atoms with Gasteiger partial charge in [-0.05, 0) is 109 Å². The van der Waals surface area contributed by atoms with Crippen molar-refractivity contribution in [3.63, 3.8) is 0 Å². The maximum absolute atomic E-state index is 12.8. The fraction of sp³-hybridized carbons (Fsp3) is 0.694. The monoisotopic (exact) mass is 781 g/mol. The first-order valence-corrected chi connectivity index (χ1v) is 22.8. The average Bonchev–Trinajstić information content (AvgIpc) is 3.18. The quantitative estimate of drug-likeness (QED) is 0.0324. The molecule has 320 valence electrons. The van der Waals surface area contributed by atoms with E-state index in [0.717, 1.165) is 109 Å². The molecule has 0 aliphatic heterocycles. The summed E-state index contributed by atoms with van der Waals surface area (Å²) in [5.74, 6) is -1.29. The number of nitrogens with one attached hydrogen (secondary N) is 1. The largest absolute Gasteiger partial charge is 0.480 e. The number of carbonyl (C=O) groups excluding carboxylic acids is 2. The van der Waals surface area contributed by atoms with Crippen molar-refractivity contribution in [2.24, 2.45) is 5.73 Å². The molecule has 0 saturated heterocycles. The van der Waals surface area contributed by atoms with Gasteiger partial charge in [-0.3, -0.25) is 9.59 Å². The van der Waals surface area contributed by atoms with E-state index in [1.807, 2.05) is 0 Å². The summed E-state index contributed by atoms with van der Waals surface area (Å²) >= 11 is 0. The van der Waals surface area contributed by atoms with Crippen molar-refractivity contribution in [2.45, 2.75) is 212 Å². The van der Waals surface area contributed by atoms with Crippen LogP contribution in [0.25, 0.3) is 0 Å². The van der Waals surface area contributed by atoms with Gasteiger partial charge in [0.05, 0.1) is 0 Å². The van der Waals surface area contributed by atoms with Gasteiger partial charge in [0.15, 0.2) is 0 Å². The van der Waals surface area contributed by atoms with E-state index < -0.39 is 12.0 Å². The van der Waals surface area contributed by atoms with Crippen LogP contribution in [-0.4, -0.2) is 41.6 Å². The number of carboxylic acid groups (broad SMARTS) is 1. The second-order valence-electron chi connectivity index (χ2n) is 15.1. The highest BCUT2D eigenvalue weighted by molar-refractivity contribution is 5.83. The van der Waals surface area contributed by atoms with Gasteiger partial charge in [0.2, 0.25) is 5.91 Å². The first kappa shape index (κ1) is 52.8.